The highest BCUT2D eigenvalue weighted by atomic mass is 19.1. The number of piperazine rings is 1. The maximum atomic E-state index is 13.4. The fourth-order valence-electron chi connectivity index (χ4n) is 2.62. The molecule has 0 spiro atoms. The predicted molar refractivity (Wildman–Crippen MR) is 79.1 cm³/mol. The van der Waals surface area contributed by atoms with Gasteiger partial charge in [0.1, 0.15) is 5.82 Å². The van der Waals surface area contributed by atoms with Crippen LogP contribution >= 0.6 is 0 Å². The molecule has 1 unspecified atom stereocenters. The van der Waals surface area contributed by atoms with Crippen molar-refractivity contribution >= 4 is 11.4 Å². The Hall–Kier alpha value is -1.29. The van der Waals surface area contributed by atoms with Crippen LogP contribution in [0.4, 0.5) is 15.8 Å². The number of halogens is 1. The van der Waals surface area contributed by atoms with E-state index in [-0.39, 0.29) is 5.82 Å². The summed E-state index contributed by atoms with van der Waals surface area (Å²) < 4.78 is 13.4. The summed E-state index contributed by atoms with van der Waals surface area (Å²) in [5.74, 6) is -0.223. The van der Waals surface area contributed by atoms with Gasteiger partial charge in [-0.2, -0.15) is 0 Å². The van der Waals surface area contributed by atoms with Crippen molar-refractivity contribution in [1.82, 2.24) is 4.90 Å². The fourth-order valence-corrected chi connectivity index (χ4v) is 2.62. The van der Waals surface area contributed by atoms with E-state index in [1.807, 2.05) is 6.07 Å². The van der Waals surface area contributed by atoms with Gasteiger partial charge in [0.25, 0.3) is 0 Å². The van der Waals surface area contributed by atoms with Gasteiger partial charge in [-0.3, -0.25) is 4.90 Å². The van der Waals surface area contributed by atoms with Crippen LogP contribution in [0.2, 0.25) is 0 Å². The number of nitrogen functional groups attached to an aromatic ring is 1. The van der Waals surface area contributed by atoms with Crippen LogP contribution in [0, 0.1) is 12.7 Å². The minimum Gasteiger partial charge on any atom is -0.397 e. The summed E-state index contributed by atoms with van der Waals surface area (Å²) in [7, 11) is 0. The van der Waals surface area contributed by atoms with Crippen LogP contribution in [-0.4, -0.2) is 37.1 Å². The molecule has 1 fully saturated rings. The highest BCUT2D eigenvalue weighted by Crippen LogP contribution is 2.27. The van der Waals surface area contributed by atoms with Crippen molar-refractivity contribution in [2.45, 2.75) is 33.2 Å². The normalized spacial score (nSPS) is 18.6. The summed E-state index contributed by atoms with van der Waals surface area (Å²) in [4.78, 5) is 4.77. The lowest BCUT2D eigenvalue weighted by Crippen LogP contribution is -2.49. The molecular weight excluding hydrogens is 241 g/mol. The molecule has 1 aromatic rings. The number of hydrogen-bond acceptors (Lipinski definition) is 3. The molecule has 1 aliphatic heterocycles. The number of nitrogens with zero attached hydrogens (tertiary/aromatic N) is 2. The summed E-state index contributed by atoms with van der Waals surface area (Å²) in [5.41, 5.74) is 8.12. The molecule has 1 aliphatic rings. The SMILES string of the molecule is CCC(C)N1CCN(c2cc(C)c(F)cc2N)CC1. The van der Waals surface area contributed by atoms with Crippen LogP contribution in [0.15, 0.2) is 12.1 Å². The summed E-state index contributed by atoms with van der Waals surface area (Å²) >= 11 is 0. The number of hydrogen-bond donors (Lipinski definition) is 1. The molecule has 106 valence electrons. The van der Waals surface area contributed by atoms with E-state index in [4.69, 9.17) is 5.73 Å². The van der Waals surface area contributed by atoms with Crippen molar-refractivity contribution < 1.29 is 4.39 Å². The molecule has 0 radical (unpaired) electrons. The average molecular weight is 265 g/mol. The first-order valence-electron chi connectivity index (χ1n) is 7.07. The van der Waals surface area contributed by atoms with Crippen molar-refractivity contribution in [2.24, 2.45) is 0 Å². The van der Waals surface area contributed by atoms with Gasteiger partial charge < -0.3 is 10.6 Å². The Kier molecular flexibility index (Phi) is 4.30. The Bertz CT molecular complexity index is 439. The van der Waals surface area contributed by atoms with Crippen LogP contribution in [0.1, 0.15) is 25.8 Å². The smallest absolute Gasteiger partial charge is 0.128 e. The van der Waals surface area contributed by atoms with Crippen LogP contribution in [0.25, 0.3) is 0 Å². The molecule has 0 aromatic heterocycles. The van der Waals surface area contributed by atoms with Crippen molar-refractivity contribution in [3.8, 4) is 0 Å². The molecule has 0 saturated carbocycles. The van der Waals surface area contributed by atoms with Crippen LogP contribution in [0.3, 0.4) is 0 Å². The lowest BCUT2D eigenvalue weighted by molar-refractivity contribution is 0.193. The predicted octanol–water partition coefficient (Wildman–Crippen LogP) is 2.64. The summed E-state index contributed by atoms with van der Waals surface area (Å²) in [6.45, 7) is 10.3. The molecule has 1 heterocycles. The Morgan fingerprint density at radius 1 is 1.26 bits per heavy atom. The minimum absolute atomic E-state index is 0.223. The number of aryl methyl sites for hydroxylation is 1. The van der Waals surface area contributed by atoms with Crippen LogP contribution in [-0.2, 0) is 0 Å². The molecule has 1 atom stereocenters. The van der Waals surface area contributed by atoms with Gasteiger partial charge >= 0.3 is 0 Å². The minimum atomic E-state index is -0.223. The third-order valence-electron chi connectivity index (χ3n) is 4.18. The molecule has 0 aliphatic carbocycles. The zero-order valence-corrected chi connectivity index (χ0v) is 12.1. The largest absolute Gasteiger partial charge is 0.397 e. The summed E-state index contributed by atoms with van der Waals surface area (Å²) in [5, 5.41) is 0. The van der Waals surface area contributed by atoms with E-state index < -0.39 is 0 Å². The lowest BCUT2D eigenvalue weighted by atomic mass is 10.1. The topological polar surface area (TPSA) is 32.5 Å². The maximum Gasteiger partial charge on any atom is 0.128 e. The van der Waals surface area contributed by atoms with Gasteiger partial charge in [-0.25, -0.2) is 4.39 Å². The van der Waals surface area contributed by atoms with Gasteiger partial charge in [0.2, 0.25) is 0 Å². The molecule has 1 aromatic carbocycles. The third-order valence-corrected chi connectivity index (χ3v) is 4.18. The molecule has 0 bridgehead atoms. The van der Waals surface area contributed by atoms with Crippen molar-refractivity contribution in [1.29, 1.82) is 0 Å². The lowest BCUT2D eigenvalue weighted by Gasteiger charge is -2.39. The molecular formula is C15H24FN3. The number of nitrogens with two attached hydrogens (primary N) is 1. The molecule has 1 saturated heterocycles. The summed E-state index contributed by atoms with van der Waals surface area (Å²) in [6, 6.07) is 3.93. The van der Waals surface area contributed by atoms with E-state index in [2.05, 4.69) is 23.6 Å². The Labute approximate surface area is 115 Å². The van der Waals surface area contributed by atoms with Gasteiger partial charge in [-0.1, -0.05) is 6.92 Å². The highest BCUT2D eigenvalue weighted by molar-refractivity contribution is 5.69. The van der Waals surface area contributed by atoms with E-state index in [1.165, 1.54) is 12.5 Å². The first kappa shape index (κ1) is 14.1. The van der Waals surface area contributed by atoms with E-state index in [0.29, 0.717) is 17.3 Å². The third kappa shape index (κ3) is 3.00. The van der Waals surface area contributed by atoms with Crippen molar-refractivity contribution in [3.63, 3.8) is 0 Å². The maximum absolute atomic E-state index is 13.4. The molecule has 4 heteroatoms. The second kappa shape index (κ2) is 5.78. The Balaban J connectivity index is 2.07. The fraction of sp³-hybridized carbons (Fsp3) is 0.600. The van der Waals surface area contributed by atoms with Crippen molar-refractivity contribution in [2.75, 3.05) is 36.8 Å². The van der Waals surface area contributed by atoms with E-state index in [9.17, 15) is 4.39 Å². The van der Waals surface area contributed by atoms with Gasteiger partial charge in [0.05, 0.1) is 11.4 Å². The zero-order chi connectivity index (χ0) is 14.0. The number of benzene rings is 1. The Morgan fingerprint density at radius 2 is 1.89 bits per heavy atom. The second-order valence-electron chi connectivity index (χ2n) is 5.44. The van der Waals surface area contributed by atoms with Gasteiger partial charge in [0, 0.05) is 32.2 Å². The second-order valence-corrected chi connectivity index (χ2v) is 5.44. The van der Waals surface area contributed by atoms with Crippen LogP contribution < -0.4 is 10.6 Å². The molecule has 3 nitrogen and oxygen atoms in total. The van der Waals surface area contributed by atoms with Gasteiger partial charge in [0.15, 0.2) is 0 Å². The van der Waals surface area contributed by atoms with E-state index >= 15 is 0 Å². The highest BCUT2D eigenvalue weighted by Gasteiger charge is 2.21. The van der Waals surface area contributed by atoms with Crippen molar-refractivity contribution in [3.05, 3.63) is 23.5 Å². The zero-order valence-electron chi connectivity index (χ0n) is 12.1. The van der Waals surface area contributed by atoms with E-state index in [0.717, 1.165) is 31.9 Å². The molecule has 0 amide bonds. The first-order valence-corrected chi connectivity index (χ1v) is 7.07. The number of rotatable bonds is 3. The quantitative estimate of drug-likeness (QED) is 0.853. The average Bonchev–Trinajstić information content (AvgIpc) is 2.42. The number of anilines is 2. The first-order chi connectivity index (χ1) is 9.02. The van der Waals surface area contributed by atoms with Gasteiger partial charge in [-0.05, 0) is 38.0 Å². The van der Waals surface area contributed by atoms with Gasteiger partial charge in [-0.15, -0.1) is 0 Å². The monoisotopic (exact) mass is 265 g/mol. The standard InChI is InChI=1S/C15H24FN3/c1-4-12(3)18-5-7-19(8-6-18)15-9-11(2)13(16)10-14(15)17/h9-10,12H,4-8,17H2,1-3H3. The molecule has 2 N–H and O–H groups in total. The molecule has 2 rings (SSSR count). The summed E-state index contributed by atoms with van der Waals surface area (Å²) in [6.07, 6.45) is 1.18. The molecule has 19 heavy (non-hydrogen) atoms. The van der Waals surface area contributed by atoms with E-state index in [1.54, 1.807) is 6.92 Å². The Morgan fingerprint density at radius 3 is 2.47 bits per heavy atom. The van der Waals surface area contributed by atoms with Crippen LogP contribution in [0.5, 0.6) is 0 Å².